The molecular formula is C7H3F3N4O2. The molecule has 0 radical (unpaired) electrons. The minimum absolute atomic E-state index is 0.0644. The first-order valence-corrected chi connectivity index (χ1v) is 3.91. The molecule has 0 aliphatic heterocycles. The number of hydrogen-bond donors (Lipinski definition) is 1. The van der Waals surface area contributed by atoms with Crippen molar-refractivity contribution < 1.29 is 23.1 Å². The van der Waals surface area contributed by atoms with Crippen LogP contribution in [0, 0.1) is 0 Å². The summed E-state index contributed by atoms with van der Waals surface area (Å²) in [5.41, 5.74) is -2.43. The Hall–Kier alpha value is -2.19. The van der Waals surface area contributed by atoms with Gasteiger partial charge in [0.2, 0.25) is 0 Å². The molecule has 84 valence electrons. The molecule has 2 aromatic rings. The Bertz CT molecular complexity index is 562. The zero-order valence-electron chi connectivity index (χ0n) is 7.43. The zero-order valence-corrected chi connectivity index (χ0v) is 7.43. The molecule has 0 aliphatic carbocycles. The van der Waals surface area contributed by atoms with Gasteiger partial charge >= 0.3 is 12.1 Å². The van der Waals surface area contributed by atoms with Crippen LogP contribution < -0.4 is 0 Å². The van der Waals surface area contributed by atoms with Crippen molar-refractivity contribution in [1.82, 2.24) is 19.8 Å². The van der Waals surface area contributed by atoms with Crippen LogP contribution >= 0.6 is 0 Å². The molecule has 0 atom stereocenters. The fraction of sp³-hybridized carbons (Fsp3) is 0.143. The van der Waals surface area contributed by atoms with Crippen LogP contribution in [0.15, 0.2) is 12.4 Å². The number of nitrogens with zero attached hydrogens (tertiary/aromatic N) is 4. The van der Waals surface area contributed by atoms with Gasteiger partial charge in [0, 0.05) is 6.20 Å². The van der Waals surface area contributed by atoms with Gasteiger partial charge in [-0.05, 0) is 0 Å². The highest BCUT2D eigenvalue weighted by molar-refractivity contribution is 5.88. The number of halogens is 3. The quantitative estimate of drug-likeness (QED) is 0.787. The Morgan fingerprint density at radius 3 is 2.62 bits per heavy atom. The number of aromatic carboxylic acids is 1. The second-order valence-corrected chi connectivity index (χ2v) is 2.83. The SMILES string of the molecule is O=C(O)c1c(C(F)(F)F)cnc2cnnn12. The molecule has 6 nitrogen and oxygen atoms in total. The first-order chi connectivity index (χ1) is 7.41. The zero-order chi connectivity index (χ0) is 11.9. The molecule has 0 bridgehead atoms. The van der Waals surface area contributed by atoms with Gasteiger partial charge in [0.15, 0.2) is 11.3 Å². The van der Waals surface area contributed by atoms with Crippen LogP contribution in [0.25, 0.3) is 5.65 Å². The lowest BCUT2D eigenvalue weighted by Crippen LogP contribution is -2.18. The lowest BCUT2D eigenvalue weighted by molar-refractivity contribution is -0.138. The van der Waals surface area contributed by atoms with Crippen molar-refractivity contribution in [2.24, 2.45) is 0 Å². The molecule has 1 N–H and O–H groups in total. The number of hydrogen-bond acceptors (Lipinski definition) is 4. The summed E-state index contributed by atoms with van der Waals surface area (Å²) in [4.78, 5) is 14.2. The van der Waals surface area contributed by atoms with Gasteiger partial charge in [-0.1, -0.05) is 5.21 Å². The van der Waals surface area contributed by atoms with Crippen LogP contribution in [0.2, 0.25) is 0 Å². The predicted octanol–water partition coefficient (Wildman–Crippen LogP) is 0.841. The van der Waals surface area contributed by atoms with Gasteiger partial charge in [-0.3, -0.25) is 0 Å². The minimum atomic E-state index is -4.80. The average Bonchev–Trinajstić information content (AvgIpc) is 2.61. The Balaban J connectivity index is 2.84. The molecule has 2 heterocycles. The standard InChI is InChI=1S/C7H3F3N4O2/c8-7(9,10)3-1-11-4-2-12-13-14(4)5(3)6(15)16/h1-2H,(H,15,16). The maximum absolute atomic E-state index is 12.5. The number of alkyl halides is 3. The fourth-order valence-corrected chi connectivity index (χ4v) is 1.20. The van der Waals surface area contributed by atoms with Crippen LogP contribution in [-0.4, -0.2) is 30.9 Å². The van der Waals surface area contributed by atoms with Gasteiger partial charge in [-0.25, -0.2) is 9.78 Å². The number of aromatic nitrogens is 4. The van der Waals surface area contributed by atoms with E-state index in [0.29, 0.717) is 10.7 Å². The number of fused-ring (bicyclic) bond motifs is 1. The van der Waals surface area contributed by atoms with E-state index in [1.807, 2.05) is 0 Å². The van der Waals surface area contributed by atoms with Crippen LogP contribution in [0.5, 0.6) is 0 Å². The Morgan fingerprint density at radius 2 is 2.06 bits per heavy atom. The van der Waals surface area contributed by atoms with E-state index >= 15 is 0 Å². The van der Waals surface area contributed by atoms with Gasteiger partial charge in [0.05, 0.1) is 6.20 Å². The third-order valence-electron chi connectivity index (χ3n) is 1.83. The highest BCUT2D eigenvalue weighted by atomic mass is 19.4. The van der Waals surface area contributed by atoms with Crippen molar-refractivity contribution in [2.75, 3.05) is 0 Å². The Labute approximate surface area is 85.3 Å². The second kappa shape index (κ2) is 3.15. The number of carbonyl (C=O) groups is 1. The van der Waals surface area contributed by atoms with Crippen molar-refractivity contribution in [2.45, 2.75) is 6.18 Å². The fourth-order valence-electron chi connectivity index (χ4n) is 1.20. The monoisotopic (exact) mass is 232 g/mol. The summed E-state index contributed by atoms with van der Waals surface area (Å²) in [6.07, 6.45) is -3.30. The van der Waals surface area contributed by atoms with Gasteiger partial charge in [0.1, 0.15) is 5.56 Å². The molecular weight excluding hydrogens is 229 g/mol. The molecule has 0 aliphatic rings. The predicted molar refractivity (Wildman–Crippen MR) is 42.7 cm³/mol. The molecule has 0 unspecified atom stereocenters. The second-order valence-electron chi connectivity index (χ2n) is 2.83. The molecule has 0 fully saturated rings. The van der Waals surface area contributed by atoms with E-state index in [1.165, 1.54) is 0 Å². The van der Waals surface area contributed by atoms with Gasteiger partial charge in [0.25, 0.3) is 0 Å². The normalized spacial score (nSPS) is 11.9. The van der Waals surface area contributed by atoms with Crippen molar-refractivity contribution >= 4 is 11.6 Å². The highest BCUT2D eigenvalue weighted by Gasteiger charge is 2.37. The van der Waals surface area contributed by atoms with Gasteiger partial charge in [-0.2, -0.15) is 17.7 Å². The molecule has 0 spiro atoms. The molecule has 0 aromatic carbocycles. The highest BCUT2D eigenvalue weighted by Crippen LogP contribution is 2.31. The number of rotatable bonds is 1. The van der Waals surface area contributed by atoms with Crippen molar-refractivity contribution in [3.05, 3.63) is 23.7 Å². The van der Waals surface area contributed by atoms with E-state index in [1.54, 1.807) is 0 Å². The molecule has 0 saturated heterocycles. The lowest BCUT2D eigenvalue weighted by atomic mass is 10.2. The molecule has 0 amide bonds. The first kappa shape index (κ1) is 10.3. The van der Waals surface area contributed by atoms with Crippen molar-refractivity contribution in [3.8, 4) is 0 Å². The van der Waals surface area contributed by atoms with Crippen LogP contribution in [0.3, 0.4) is 0 Å². The van der Waals surface area contributed by atoms with Crippen molar-refractivity contribution in [1.29, 1.82) is 0 Å². The van der Waals surface area contributed by atoms with Crippen molar-refractivity contribution in [3.63, 3.8) is 0 Å². The van der Waals surface area contributed by atoms with E-state index < -0.39 is 23.4 Å². The molecule has 2 aromatic heterocycles. The largest absolute Gasteiger partial charge is 0.476 e. The average molecular weight is 232 g/mol. The number of carboxylic acid groups (broad SMARTS) is 1. The smallest absolute Gasteiger partial charge is 0.420 e. The molecule has 0 saturated carbocycles. The summed E-state index contributed by atoms with van der Waals surface area (Å²) in [6.45, 7) is 0. The number of carboxylic acids is 1. The van der Waals surface area contributed by atoms with Crippen LogP contribution in [0.1, 0.15) is 16.1 Å². The van der Waals surface area contributed by atoms with E-state index in [-0.39, 0.29) is 5.65 Å². The molecule has 9 heteroatoms. The first-order valence-electron chi connectivity index (χ1n) is 3.91. The van der Waals surface area contributed by atoms with E-state index in [2.05, 4.69) is 15.3 Å². The topological polar surface area (TPSA) is 80.4 Å². The Kier molecular flexibility index (Phi) is 2.04. The third kappa shape index (κ3) is 1.45. The maximum atomic E-state index is 12.5. The minimum Gasteiger partial charge on any atom is -0.476 e. The maximum Gasteiger partial charge on any atom is 0.420 e. The van der Waals surface area contributed by atoms with E-state index in [0.717, 1.165) is 6.20 Å². The summed E-state index contributed by atoms with van der Waals surface area (Å²) in [6, 6.07) is 0. The van der Waals surface area contributed by atoms with E-state index in [4.69, 9.17) is 5.11 Å². The third-order valence-corrected chi connectivity index (χ3v) is 1.83. The molecule has 16 heavy (non-hydrogen) atoms. The summed E-state index contributed by atoms with van der Waals surface area (Å²) >= 11 is 0. The van der Waals surface area contributed by atoms with Gasteiger partial charge < -0.3 is 5.11 Å². The van der Waals surface area contributed by atoms with E-state index in [9.17, 15) is 18.0 Å². The van der Waals surface area contributed by atoms with Gasteiger partial charge in [-0.15, -0.1) is 5.10 Å². The molecule has 2 rings (SSSR count). The lowest BCUT2D eigenvalue weighted by Gasteiger charge is -2.09. The summed E-state index contributed by atoms with van der Waals surface area (Å²) in [5.74, 6) is -1.75. The summed E-state index contributed by atoms with van der Waals surface area (Å²) in [7, 11) is 0. The van der Waals surface area contributed by atoms with Crippen LogP contribution in [0.4, 0.5) is 13.2 Å². The van der Waals surface area contributed by atoms with Crippen LogP contribution in [-0.2, 0) is 6.18 Å². The summed E-state index contributed by atoms with van der Waals surface area (Å²) < 4.78 is 38.0. The Morgan fingerprint density at radius 1 is 1.38 bits per heavy atom. The summed E-state index contributed by atoms with van der Waals surface area (Å²) in [5, 5.41) is 15.3.